The van der Waals surface area contributed by atoms with Crippen molar-refractivity contribution in [1.29, 1.82) is 0 Å². The van der Waals surface area contributed by atoms with Crippen molar-refractivity contribution in [3.63, 3.8) is 0 Å². The largest absolute Gasteiger partial charge is 0.389 e. The van der Waals surface area contributed by atoms with Crippen LogP contribution in [0.5, 0.6) is 0 Å². The van der Waals surface area contributed by atoms with E-state index < -0.39 is 5.60 Å². The van der Waals surface area contributed by atoms with E-state index in [2.05, 4.69) is 38.2 Å². The Morgan fingerprint density at radius 2 is 1.55 bits per heavy atom. The zero-order valence-corrected chi connectivity index (χ0v) is 13.3. The molecule has 0 unspecified atom stereocenters. The molecular weight excluding hydrogens is 246 g/mol. The van der Waals surface area contributed by atoms with Gasteiger partial charge in [-0.2, -0.15) is 0 Å². The second-order valence-corrected chi connectivity index (χ2v) is 6.62. The molecule has 0 radical (unpaired) electrons. The van der Waals surface area contributed by atoms with Gasteiger partial charge in [-0.1, -0.05) is 43.4 Å². The summed E-state index contributed by atoms with van der Waals surface area (Å²) in [6.07, 6.45) is 6.79. The molecule has 0 saturated heterocycles. The minimum Gasteiger partial charge on any atom is -0.389 e. The second kappa shape index (κ2) is 6.73. The van der Waals surface area contributed by atoms with Crippen molar-refractivity contribution >= 4 is 0 Å². The van der Waals surface area contributed by atoms with E-state index >= 15 is 0 Å². The van der Waals surface area contributed by atoms with Gasteiger partial charge in [0.15, 0.2) is 0 Å². The van der Waals surface area contributed by atoms with Crippen LogP contribution in [0.25, 0.3) is 0 Å². The van der Waals surface area contributed by atoms with E-state index in [0.717, 1.165) is 25.9 Å². The third-order valence-corrected chi connectivity index (χ3v) is 4.63. The number of aryl methyl sites for hydroxylation is 3. The lowest BCUT2D eigenvalue weighted by Crippen LogP contribution is -2.40. The summed E-state index contributed by atoms with van der Waals surface area (Å²) < 4.78 is 0. The molecule has 2 heteroatoms. The Bertz CT molecular complexity index is 422. The SMILES string of the molecule is Cc1cc(C)c(CNCC2(O)CCCCCC2)c(C)c1. The van der Waals surface area contributed by atoms with Crippen molar-refractivity contribution in [3.8, 4) is 0 Å². The summed E-state index contributed by atoms with van der Waals surface area (Å²) in [5.41, 5.74) is 4.92. The summed E-state index contributed by atoms with van der Waals surface area (Å²) in [5, 5.41) is 14.1. The summed E-state index contributed by atoms with van der Waals surface area (Å²) in [6.45, 7) is 8.08. The van der Waals surface area contributed by atoms with E-state index in [0.29, 0.717) is 0 Å². The maximum atomic E-state index is 10.6. The van der Waals surface area contributed by atoms with Crippen molar-refractivity contribution < 1.29 is 5.11 Å². The molecule has 1 aromatic rings. The highest BCUT2D eigenvalue weighted by Gasteiger charge is 2.27. The van der Waals surface area contributed by atoms with Gasteiger partial charge in [0, 0.05) is 13.1 Å². The molecule has 0 aliphatic heterocycles. The van der Waals surface area contributed by atoms with Crippen LogP contribution in [0.2, 0.25) is 0 Å². The van der Waals surface area contributed by atoms with Gasteiger partial charge in [0.25, 0.3) is 0 Å². The summed E-state index contributed by atoms with van der Waals surface area (Å²) in [7, 11) is 0. The Morgan fingerprint density at radius 1 is 1.00 bits per heavy atom. The first-order chi connectivity index (χ1) is 9.50. The van der Waals surface area contributed by atoms with Crippen molar-refractivity contribution in [2.45, 2.75) is 71.4 Å². The van der Waals surface area contributed by atoms with Gasteiger partial charge in [-0.25, -0.2) is 0 Å². The first kappa shape index (κ1) is 15.5. The van der Waals surface area contributed by atoms with Gasteiger partial charge < -0.3 is 10.4 Å². The zero-order valence-electron chi connectivity index (χ0n) is 13.3. The molecule has 20 heavy (non-hydrogen) atoms. The Kier molecular flexibility index (Phi) is 5.22. The molecule has 1 aliphatic carbocycles. The molecule has 0 spiro atoms. The van der Waals surface area contributed by atoms with Gasteiger partial charge in [-0.3, -0.25) is 0 Å². The molecule has 0 amide bonds. The molecule has 0 bridgehead atoms. The Hall–Kier alpha value is -0.860. The first-order valence-corrected chi connectivity index (χ1v) is 8.00. The van der Waals surface area contributed by atoms with Crippen LogP contribution < -0.4 is 5.32 Å². The predicted octanol–water partition coefficient (Wildman–Crippen LogP) is 3.79. The Labute approximate surface area is 123 Å². The minimum atomic E-state index is -0.483. The van der Waals surface area contributed by atoms with Crippen molar-refractivity contribution in [2.24, 2.45) is 0 Å². The van der Waals surface area contributed by atoms with E-state index in [-0.39, 0.29) is 0 Å². The zero-order chi connectivity index (χ0) is 14.6. The number of nitrogens with one attached hydrogen (secondary N) is 1. The van der Waals surface area contributed by atoms with E-state index in [1.54, 1.807) is 0 Å². The van der Waals surface area contributed by atoms with Crippen molar-refractivity contribution in [2.75, 3.05) is 6.54 Å². The van der Waals surface area contributed by atoms with Crippen LogP contribution in [0, 0.1) is 20.8 Å². The van der Waals surface area contributed by atoms with Crippen LogP contribution >= 0.6 is 0 Å². The topological polar surface area (TPSA) is 32.3 Å². The number of rotatable bonds is 4. The maximum absolute atomic E-state index is 10.6. The second-order valence-electron chi connectivity index (χ2n) is 6.62. The van der Waals surface area contributed by atoms with Gasteiger partial charge in [-0.05, 0) is 50.3 Å². The van der Waals surface area contributed by atoms with Gasteiger partial charge >= 0.3 is 0 Å². The minimum absolute atomic E-state index is 0.483. The van der Waals surface area contributed by atoms with Gasteiger partial charge in [0.05, 0.1) is 5.60 Å². The van der Waals surface area contributed by atoms with Crippen LogP contribution in [0.4, 0.5) is 0 Å². The molecule has 1 aliphatic rings. The summed E-state index contributed by atoms with van der Waals surface area (Å²) in [6, 6.07) is 4.48. The first-order valence-electron chi connectivity index (χ1n) is 8.00. The van der Waals surface area contributed by atoms with E-state index in [1.807, 2.05) is 0 Å². The lowest BCUT2D eigenvalue weighted by molar-refractivity contribution is 0.0250. The molecular formula is C18H29NO. The Balaban J connectivity index is 1.92. The van der Waals surface area contributed by atoms with Crippen LogP contribution in [0.3, 0.4) is 0 Å². The lowest BCUT2D eigenvalue weighted by Gasteiger charge is -2.27. The smallest absolute Gasteiger partial charge is 0.0771 e. The van der Waals surface area contributed by atoms with Crippen molar-refractivity contribution in [1.82, 2.24) is 5.32 Å². The third kappa shape index (κ3) is 4.07. The fourth-order valence-electron chi connectivity index (χ4n) is 3.47. The van der Waals surface area contributed by atoms with Crippen LogP contribution in [-0.4, -0.2) is 17.3 Å². The molecule has 1 fully saturated rings. The normalized spacial score (nSPS) is 18.8. The quantitative estimate of drug-likeness (QED) is 0.820. The molecule has 0 heterocycles. The molecule has 2 nitrogen and oxygen atoms in total. The monoisotopic (exact) mass is 275 g/mol. The standard InChI is InChI=1S/C18H29NO/c1-14-10-15(2)17(16(3)11-14)12-19-13-18(20)8-6-4-5-7-9-18/h10-11,19-20H,4-9,12-13H2,1-3H3. The number of hydrogen-bond acceptors (Lipinski definition) is 2. The molecule has 1 aromatic carbocycles. The fraction of sp³-hybridized carbons (Fsp3) is 0.667. The van der Waals surface area contributed by atoms with Crippen LogP contribution in [0.1, 0.15) is 60.8 Å². The van der Waals surface area contributed by atoms with E-state index in [9.17, 15) is 5.11 Å². The highest BCUT2D eigenvalue weighted by molar-refractivity contribution is 5.37. The maximum Gasteiger partial charge on any atom is 0.0771 e. The molecule has 112 valence electrons. The van der Waals surface area contributed by atoms with Crippen LogP contribution in [-0.2, 0) is 6.54 Å². The summed E-state index contributed by atoms with van der Waals surface area (Å²) in [4.78, 5) is 0. The Morgan fingerprint density at radius 3 is 2.10 bits per heavy atom. The highest BCUT2D eigenvalue weighted by atomic mass is 16.3. The molecule has 2 rings (SSSR count). The molecule has 1 saturated carbocycles. The number of aliphatic hydroxyl groups is 1. The average molecular weight is 275 g/mol. The molecule has 0 aromatic heterocycles. The number of hydrogen-bond donors (Lipinski definition) is 2. The highest BCUT2D eigenvalue weighted by Crippen LogP contribution is 2.26. The third-order valence-electron chi connectivity index (χ3n) is 4.63. The lowest BCUT2D eigenvalue weighted by atomic mass is 9.94. The summed E-state index contributed by atoms with van der Waals surface area (Å²) in [5.74, 6) is 0. The molecule has 2 N–H and O–H groups in total. The van der Waals surface area contributed by atoms with Crippen LogP contribution in [0.15, 0.2) is 12.1 Å². The average Bonchev–Trinajstić information content (AvgIpc) is 2.58. The van der Waals surface area contributed by atoms with Gasteiger partial charge in [0.2, 0.25) is 0 Å². The van der Waals surface area contributed by atoms with Crippen molar-refractivity contribution in [3.05, 3.63) is 34.4 Å². The van der Waals surface area contributed by atoms with Gasteiger partial charge in [0.1, 0.15) is 0 Å². The molecule has 0 atom stereocenters. The fourth-order valence-corrected chi connectivity index (χ4v) is 3.47. The number of benzene rings is 1. The van der Waals surface area contributed by atoms with E-state index in [4.69, 9.17) is 0 Å². The van der Waals surface area contributed by atoms with E-state index in [1.165, 1.54) is 47.9 Å². The van der Waals surface area contributed by atoms with Gasteiger partial charge in [-0.15, -0.1) is 0 Å². The summed E-state index contributed by atoms with van der Waals surface area (Å²) >= 11 is 0. The predicted molar refractivity (Wildman–Crippen MR) is 85.0 cm³/mol.